The third-order valence-electron chi connectivity index (χ3n) is 4.01. The number of hydrogen-bond donors (Lipinski definition) is 1. The molecule has 0 radical (unpaired) electrons. The molecule has 29 heavy (non-hydrogen) atoms. The molecule has 0 aliphatic heterocycles. The minimum atomic E-state index is -4.20. The minimum Gasteiger partial charge on any atom is -0.462 e. The fraction of sp³-hybridized carbons (Fsp3) is 0.235. The van der Waals surface area contributed by atoms with Crippen molar-refractivity contribution in [1.82, 2.24) is 25.2 Å². The third kappa shape index (κ3) is 3.85. The number of aromatic nitrogens is 5. The van der Waals surface area contributed by atoms with Gasteiger partial charge in [-0.05, 0) is 28.6 Å². The summed E-state index contributed by atoms with van der Waals surface area (Å²) in [7, 11) is 0. The lowest BCUT2D eigenvalue weighted by atomic mass is 9.84. The molecule has 1 unspecified atom stereocenters. The molecule has 0 aliphatic carbocycles. The molecule has 150 valence electrons. The van der Waals surface area contributed by atoms with Gasteiger partial charge in [-0.2, -0.15) is 14.0 Å². The van der Waals surface area contributed by atoms with E-state index in [-0.39, 0.29) is 5.88 Å². The summed E-state index contributed by atoms with van der Waals surface area (Å²) < 4.78 is 64.3. The molecule has 0 saturated heterocycles. The number of benzene rings is 1. The van der Waals surface area contributed by atoms with Gasteiger partial charge in [0.05, 0.1) is 6.54 Å². The van der Waals surface area contributed by atoms with Crippen LogP contribution in [-0.4, -0.2) is 36.9 Å². The van der Waals surface area contributed by atoms with Crippen LogP contribution >= 0.6 is 0 Å². The number of hydrogen-bond acceptors (Lipinski definition) is 7. The zero-order valence-electron chi connectivity index (χ0n) is 14.5. The molecule has 0 bridgehead atoms. The van der Waals surface area contributed by atoms with Crippen molar-refractivity contribution in [3.8, 4) is 11.9 Å². The number of pyridine rings is 1. The van der Waals surface area contributed by atoms with Gasteiger partial charge in [0.1, 0.15) is 29.7 Å². The van der Waals surface area contributed by atoms with Crippen molar-refractivity contribution in [1.29, 1.82) is 5.26 Å². The minimum absolute atomic E-state index is 0.298. The first kappa shape index (κ1) is 20.2. The highest BCUT2D eigenvalue weighted by Gasteiger charge is 2.58. The van der Waals surface area contributed by atoms with E-state index in [2.05, 4.69) is 20.5 Å². The number of ether oxygens (including phenoxy) is 1. The Hall–Kier alpha value is -3.59. The SMILES string of the molecule is N#CCOc1cccc(C(F)(F)C(O)(Cn2cnnn2)c2ccc(F)cc2F)n1. The Morgan fingerprint density at radius 3 is 2.66 bits per heavy atom. The van der Waals surface area contributed by atoms with Crippen molar-refractivity contribution in [3.63, 3.8) is 0 Å². The number of nitriles is 1. The summed E-state index contributed by atoms with van der Waals surface area (Å²) in [6.45, 7) is -1.41. The lowest BCUT2D eigenvalue weighted by Crippen LogP contribution is -2.48. The van der Waals surface area contributed by atoms with Crippen LogP contribution in [0.4, 0.5) is 17.6 Å². The second-order valence-electron chi connectivity index (χ2n) is 5.87. The summed E-state index contributed by atoms with van der Waals surface area (Å²) in [6.07, 6.45) is 0.947. The molecule has 1 N–H and O–H groups in total. The highest BCUT2D eigenvalue weighted by Crippen LogP contribution is 2.46. The van der Waals surface area contributed by atoms with E-state index in [0.717, 1.165) is 23.1 Å². The van der Waals surface area contributed by atoms with Crippen LogP contribution in [0, 0.1) is 23.0 Å². The summed E-state index contributed by atoms with van der Waals surface area (Å²) in [5, 5.41) is 29.6. The van der Waals surface area contributed by atoms with Gasteiger partial charge >= 0.3 is 5.92 Å². The number of tetrazole rings is 1. The maximum atomic E-state index is 15.5. The molecule has 2 aromatic heterocycles. The van der Waals surface area contributed by atoms with E-state index >= 15 is 8.78 Å². The van der Waals surface area contributed by atoms with Crippen molar-refractivity contribution < 1.29 is 27.4 Å². The Kier molecular flexibility index (Phi) is 5.42. The standard InChI is InChI=1S/C17H12F4N6O2/c18-11-4-5-12(13(19)8-11)16(28,9-27-10-23-25-26-27)17(20,21)14-2-1-3-15(24-14)29-7-6-22/h1-5,8,10,28H,7,9H2. The first-order valence-electron chi connectivity index (χ1n) is 8.01. The third-order valence-corrected chi connectivity index (χ3v) is 4.01. The molecule has 3 aromatic rings. The predicted octanol–water partition coefficient (Wildman–Crippen LogP) is 1.93. The van der Waals surface area contributed by atoms with Gasteiger partial charge in [0.2, 0.25) is 5.88 Å². The van der Waals surface area contributed by atoms with Crippen LogP contribution in [-0.2, 0) is 18.1 Å². The second kappa shape index (κ2) is 7.80. The van der Waals surface area contributed by atoms with Crippen LogP contribution < -0.4 is 4.74 Å². The molecular formula is C17H12F4N6O2. The number of alkyl halides is 2. The van der Waals surface area contributed by atoms with Crippen molar-refractivity contribution in [2.24, 2.45) is 0 Å². The fourth-order valence-corrected chi connectivity index (χ4v) is 2.65. The summed E-state index contributed by atoms with van der Waals surface area (Å²) in [4.78, 5) is 3.61. The first-order valence-corrected chi connectivity index (χ1v) is 8.01. The van der Waals surface area contributed by atoms with Gasteiger partial charge in [-0.1, -0.05) is 6.07 Å². The van der Waals surface area contributed by atoms with E-state index < -0.39 is 47.6 Å². The molecule has 1 aromatic carbocycles. The van der Waals surface area contributed by atoms with E-state index in [1.165, 1.54) is 12.1 Å². The largest absolute Gasteiger partial charge is 0.462 e. The zero-order chi connectivity index (χ0) is 21.1. The van der Waals surface area contributed by atoms with Gasteiger partial charge in [-0.15, -0.1) is 5.10 Å². The van der Waals surface area contributed by atoms with E-state index in [1.807, 2.05) is 0 Å². The molecule has 3 rings (SSSR count). The van der Waals surface area contributed by atoms with Gasteiger partial charge in [0, 0.05) is 17.7 Å². The Labute approximate surface area is 161 Å². The summed E-state index contributed by atoms with van der Waals surface area (Å²) in [5.74, 6) is -6.90. The van der Waals surface area contributed by atoms with Crippen molar-refractivity contribution in [2.75, 3.05) is 6.61 Å². The molecule has 1 atom stereocenters. The lowest BCUT2D eigenvalue weighted by Gasteiger charge is -2.35. The van der Waals surface area contributed by atoms with Gasteiger partial charge in [0.25, 0.3) is 0 Å². The second-order valence-corrected chi connectivity index (χ2v) is 5.87. The Morgan fingerprint density at radius 2 is 2.00 bits per heavy atom. The molecular weight excluding hydrogens is 396 g/mol. The Balaban J connectivity index is 2.13. The van der Waals surface area contributed by atoms with Gasteiger partial charge < -0.3 is 9.84 Å². The normalized spacial score (nSPS) is 13.5. The van der Waals surface area contributed by atoms with E-state index in [9.17, 15) is 13.9 Å². The highest BCUT2D eigenvalue weighted by atomic mass is 19.3. The number of nitrogens with zero attached hydrogens (tertiary/aromatic N) is 6. The monoisotopic (exact) mass is 408 g/mol. The van der Waals surface area contributed by atoms with Crippen LogP contribution in [0.2, 0.25) is 0 Å². The molecule has 12 heteroatoms. The van der Waals surface area contributed by atoms with Crippen molar-refractivity contribution in [2.45, 2.75) is 18.1 Å². The molecule has 0 amide bonds. The molecule has 0 spiro atoms. The van der Waals surface area contributed by atoms with Crippen LogP contribution in [0.1, 0.15) is 11.3 Å². The molecule has 0 saturated carbocycles. The average molecular weight is 408 g/mol. The molecule has 0 aliphatic rings. The maximum absolute atomic E-state index is 15.5. The van der Waals surface area contributed by atoms with Crippen molar-refractivity contribution >= 4 is 0 Å². The lowest BCUT2D eigenvalue weighted by molar-refractivity contribution is -0.208. The predicted molar refractivity (Wildman–Crippen MR) is 87.3 cm³/mol. The van der Waals surface area contributed by atoms with Gasteiger partial charge in [0.15, 0.2) is 12.2 Å². The molecule has 0 fully saturated rings. The van der Waals surface area contributed by atoms with E-state index in [0.29, 0.717) is 12.1 Å². The van der Waals surface area contributed by atoms with Crippen LogP contribution in [0.5, 0.6) is 5.88 Å². The number of halogens is 4. The summed E-state index contributed by atoms with van der Waals surface area (Å²) >= 11 is 0. The first-order chi connectivity index (χ1) is 13.8. The molecule has 8 nitrogen and oxygen atoms in total. The summed E-state index contributed by atoms with van der Waals surface area (Å²) in [5.41, 5.74) is -5.10. The highest BCUT2D eigenvalue weighted by molar-refractivity contribution is 5.32. The maximum Gasteiger partial charge on any atom is 0.323 e. The summed E-state index contributed by atoms with van der Waals surface area (Å²) in [6, 6.07) is 6.77. The average Bonchev–Trinajstić information content (AvgIpc) is 3.19. The Morgan fingerprint density at radius 1 is 1.21 bits per heavy atom. The smallest absolute Gasteiger partial charge is 0.323 e. The van der Waals surface area contributed by atoms with Gasteiger partial charge in [-0.3, -0.25) is 0 Å². The topological polar surface area (TPSA) is 110 Å². The molecule has 2 heterocycles. The number of rotatable bonds is 7. The van der Waals surface area contributed by atoms with Gasteiger partial charge in [-0.25, -0.2) is 18.4 Å². The van der Waals surface area contributed by atoms with Crippen LogP contribution in [0.15, 0.2) is 42.7 Å². The number of aliphatic hydroxyl groups is 1. The zero-order valence-corrected chi connectivity index (χ0v) is 14.5. The van der Waals surface area contributed by atoms with E-state index in [1.54, 1.807) is 6.07 Å². The van der Waals surface area contributed by atoms with Crippen LogP contribution in [0.25, 0.3) is 0 Å². The Bertz CT molecular complexity index is 1040. The van der Waals surface area contributed by atoms with Crippen molar-refractivity contribution in [3.05, 3.63) is 65.6 Å². The van der Waals surface area contributed by atoms with Crippen LogP contribution in [0.3, 0.4) is 0 Å². The fourth-order valence-electron chi connectivity index (χ4n) is 2.65. The van der Waals surface area contributed by atoms with E-state index in [4.69, 9.17) is 10.00 Å². The quantitative estimate of drug-likeness (QED) is 0.595.